The molecule has 8 heteroatoms. The minimum Gasteiger partial charge on any atom is -0.481 e. The van der Waals surface area contributed by atoms with Crippen LogP contribution in [-0.4, -0.2) is 40.4 Å². The zero-order chi connectivity index (χ0) is 22.3. The highest BCUT2D eigenvalue weighted by Crippen LogP contribution is 2.39. The Labute approximate surface area is 176 Å². The van der Waals surface area contributed by atoms with Gasteiger partial charge in [-0.05, 0) is 12.8 Å². The van der Waals surface area contributed by atoms with E-state index >= 15 is 0 Å². The van der Waals surface area contributed by atoms with Crippen LogP contribution in [0, 0.1) is 5.41 Å². The van der Waals surface area contributed by atoms with Gasteiger partial charge in [-0.2, -0.15) is 8.42 Å². The van der Waals surface area contributed by atoms with Crippen molar-refractivity contribution in [3.05, 3.63) is 0 Å². The van der Waals surface area contributed by atoms with Crippen molar-refractivity contribution < 1.29 is 32.8 Å². The van der Waals surface area contributed by atoms with Gasteiger partial charge in [-0.25, -0.2) is 0 Å². The fourth-order valence-electron chi connectivity index (χ4n) is 3.98. The fourth-order valence-corrected chi connectivity index (χ4v) is 5.14. The number of unbranched alkanes of at least 4 members (excludes halogenated alkanes) is 11. The Balaban J connectivity index is 4.91. The van der Waals surface area contributed by atoms with Crippen LogP contribution in [0.3, 0.4) is 0 Å². The van der Waals surface area contributed by atoms with Crippen LogP contribution in [-0.2, 0) is 19.7 Å². The van der Waals surface area contributed by atoms with Gasteiger partial charge < -0.3 is 10.2 Å². The second-order valence-corrected chi connectivity index (χ2v) is 9.58. The van der Waals surface area contributed by atoms with E-state index in [0.717, 1.165) is 32.1 Å². The molecule has 0 spiro atoms. The number of rotatable bonds is 19. The van der Waals surface area contributed by atoms with Gasteiger partial charge in [0, 0.05) is 0 Å². The van der Waals surface area contributed by atoms with Crippen molar-refractivity contribution in [1.29, 1.82) is 0 Å². The van der Waals surface area contributed by atoms with E-state index in [2.05, 4.69) is 6.92 Å². The zero-order valence-corrected chi connectivity index (χ0v) is 18.9. The summed E-state index contributed by atoms with van der Waals surface area (Å²) in [5, 5.41) is 16.9. The molecule has 0 aliphatic heterocycles. The van der Waals surface area contributed by atoms with Gasteiger partial charge in [-0.15, -0.1) is 0 Å². The fraction of sp³-hybridized carbons (Fsp3) is 0.905. The third-order valence-corrected chi connectivity index (χ3v) is 6.90. The Morgan fingerprint density at radius 3 is 1.41 bits per heavy atom. The molecule has 0 heterocycles. The molecule has 0 aromatic heterocycles. The standard InChI is InChI=1S/C21H40O7S/c1-3-5-7-8-9-10-11-12-13-15-17-21(20(24)25,16-14-6-4-2)18(19(22)23)29(26,27)28/h18H,3-17H2,1-2H3,(H,22,23)(H,24,25)(H,26,27,28). The van der Waals surface area contributed by atoms with Crippen LogP contribution in [0.25, 0.3) is 0 Å². The third-order valence-electron chi connectivity index (χ3n) is 5.65. The van der Waals surface area contributed by atoms with E-state index in [0.29, 0.717) is 19.3 Å². The molecule has 2 atom stereocenters. The van der Waals surface area contributed by atoms with Crippen LogP contribution in [0.15, 0.2) is 0 Å². The first-order chi connectivity index (χ1) is 13.6. The second kappa shape index (κ2) is 14.8. The quantitative estimate of drug-likeness (QED) is 0.185. The minimum absolute atomic E-state index is 0.0701. The molecule has 0 aliphatic carbocycles. The molecule has 0 radical (unpaired) electrons. The predicted molar refractivity (Wildman–Crippen MR) is 114 cm³/mol. The normalized spacial score (nSPS) is 15.0. The van der Waals surface area contributed by atoms with Gasteiger partial charge >= 0.3 is 11.9 Å². The maximum absolute atomic E-state index is 12.1. The lowest BCUT2D eigenvalue weighted by molar-refractivity contribution is -0.156. The lowest BCUT2D eigenvalue weighted by atomic mass is 9.74. The van der Waals surface area contributed by atoms with Gasteiger partial charge in [0.2, 0.25) is 0 Å². The first-order valence-corrected chi connectivity index (χ1v) is 12.6. The summed E-state index contributed by atoms with van der Waals surface area (Å²) < 4.78 is 33.0. The first-order valence-electron chi connectivity index (χ1n) is 11.1. The molecule has 0 saturated carbocycles. The SMILES string of the molecule is CCCCCCCCCCCCC(CCCCC)(C(=O)O)C(C(=O)O)S(=O)(=O)O. The van der Waals surface area contributed by atoms with Gasteiger partial charge in [-0.1, -0.05) is 97.3 Å². The summed E-state index contributed by atoms with van der Waals surface area (Å²) >= 11 is 0. The molecule has 0 aliphatic rings. The maximum Gasteiger partial charge on any atom is 0.325 e. The Bertz CT molecular complexity index is 574. The topological polar surface area (TPSA) is 129 Å². The monoisotopic (exact) mass is 436 g/mol. The van der Waals surface area contributed by atoms with Crippen LogP contribution >= 0.6 is 0 Å². The van der Waals surface area contributed by atoms with E-state index in [1.165, 1.54) is 32.1 Å². The largest absolute Gasteiger partial charge is 0.481 e. The molecule has 0 aromatic carbocycles. The smallest absolute Gasteiger partial charge is 0.325 e. The van der Waals surface area contributed by atoms with Crippen molar-refractivity contribution >= 4 is 22.1 Å². The number of aliphatic carboxylic acids is 2. The van der Waals surface area contributed by atoms with Crippen LogP contribution in [0.4, 0.5) is 0 Å². The third kappa shape index (κ3) is 10.4. The van der Waals surface area contributed by atoms with Crippen LogP contribution < -0.4 is 0 Å². The van der Waals surface area contributed by atoms with Crippen molar-refractivity contribution in [2.24, 2.45) is 5.41 Å². The highest BCUT2D eigenvalue weighted by molar-refractivity contribution is 7.87. The van der Waals surface area contributed by atoms with E-state index in [-0.39, 0.29) is 12.8 Å². The average molecular weight is 437 g/mol. The summed E-state index contributed by atoms with van der Waals surface area (Å²) in [6.07, 6.45) is 12.0. The zero-order valence-electron chi connectivity index (χ0n) is 18.1. The van der Waals surface area contributed by atoms with Crippen LogP contribution in [0.1, 0.15) is 110 Å². The molecule has 0 fully saturated rings. The van der Waals surface area contributed by atoms with E-state index in [1.807, 2.05) is 6.92 Å². The molecule has 3 N–H and O–H groups in total. The maximum atomic E-state index is 12.1. The molecule has 172 valence electrons. The van der Waals surface area contributed by atoms with Gasteiger partial charge in [0.15, 0.2) is 5.25 Å². The summed E-state index contributed by atoms with van der Waals surface area (Å²) in [6.45, 7) is 4.10. The molecule has 0 bridgehead atoms. The Hall–Kier alpha value is -1.15. The van der Waals surface area contributed by atoms with Crippen molar-refractivity contribution in [3.63, 3.8) is 0 Å². The molecule has 7 nitrogen and oxygen atoms in total. The summed E-state index contributed by atoms with van der Waals surface area (Å²) in [6, 6.07) is 0. The molecule has 2 unspecified atom stereocenters. The van der Waals surface area contributed by atoms with Gasteiger partial charge in [-0.3, -0.25) is 14.1 Å². The lowest BCUT2D eigenvalue weighted by Gasteiger charge is -2.33. The molecule has 0 aromatic rings. The summed E-state index contributed by atoms with van der Waals surface area (Å²) in [4.78, 5) is 23.7. The molecular formula is C21H40O7S. The van der Waals surface area contributed by atoms with E-state index < -0.39 is 32.7 Å². The van der Waals surface area contributed by atoms with E-state index in [4.69, 9.17) is 0 Å². The first kappa shape index (κ1) is 27.8. The summed E-state index contributed by atoms with van der Waals surface area (Å²) in [5.41, 5.74) is -2.01. The molecule has 0 saturated heterocycles. The highest BCUT2D eigenvalue weighted by Gasteiger charge is 2.55. The summed E-state index contributed by atoms with van der Waals surface area (Å²) in [7, 11) is -5.05. The van der Waals surface area contributed by atoms with Crippen LogP contribution in [0.5, 0.6) is 0 Å². The van der Waals surface area contributed by atoms with Crippen molar-refractivity contribution in [1.82, 2.24) is 0 Å². The van der Waals surface area contributed by atoms with Crippen molar-refractivity contribution in [3.8, 4) is 0 Å². The lowest BCUT2D eigenvalue weighted by Crippen LogP contribution is -2.51. The van der Waals surface area contributed by atoms with E-state index in [9.17, 15) is 32.8 Å². The number of carbonyl (C=O) groups is 2. The van der Waals surface area contributed by atoms with E-state index in [1.54, 1.807) is 0 Å². The van der Waals surface area contributed by atoms with Gasteiger partial charge in [0.1, 0.15) is 0 Å². The minimum atomic E-state index is -5.05. The Morgan fingerprint density at radius 1 is 0.724 bits per heavy atom. The number of hydrogen-bond acceptors (Lipinski definition) is 4. The second-order valence-electron chi connectivity index (χ2n) is 8.08. The highest BCUT2D eigenvalue weighted by atomic mass is 32.2. The predicted octanol–water partition coefficient (Wildman–Crippen LogP) is 5.29. The van der Waals surface area contributed by atoms with Gasteiger partial charge in [0.25, 0.3) is 10.1 Å². The average Bonchev–Trinajstić information content (AvgIpc) is 2.61. The van der Waals surface area contributed by atoms with Crippen LogP contribution in [0.2, 0.25) is 0 Å². The Kier molecular flexibility index (Phi) is 14.2. The number of carboxylic acids is 2. The molecule has 0 amide bonds. The molecule has 0 rings (SSSR count). The number of hydrogen-bond donors (Lipinski definition) is 3. The van der Waals surface area contributed by atoms with Gasteiger partial charge in [0.05, 0.1) is 5.41 Å². The number of carboxylic acid groups (broad SMARTS) is 2. The molecule has 29 heavy (non-hydrogen) atoms. The molecular weight excluding hydrogens is 396 g/mol. The van der Waals surface area contributed by atoms with Crippen molar-refractivity contribution in [2.75, 3.05) is 0 Å². The summed E-state index contributed by atoms with van der Waals surface area (Å²) in [5.74, 6) is -3.27. The van der Waals surface area contributed by atoms with Crippen molar-refractivity contribution in [2.45, 2.75) is 115 Å². The Morgan fingerprint density at radius 2 is 1.07 bits per heavy atom.